The van der Waals surface area contributed by atoms with Gasteiger partial charge in [-0.3, -0.25) is 0 Å². The highest BCUT2D eigenvalue weighted by atomic mass is 19.1. The van der Waals surface area contributed by atoms with Gasteiger partial charge in [0.15, 0.2) is 0 Å². The molecule has 0 bridgehead atoms. The van der Waals surface area contributed by atoms with E-state index >= 15 is 0 Å². The maximum Gasteiger partial charge on any atom is 0.123 e. The Kier molecular flexibility index (Phi) is 2.91. The van der Waals surface area contributed by atoms with E-state index in [-0.39, 0.29) is 5.82 Å². The number of hydrogen-bond acceptors (Lipinski definition) is 2. The SMILES string of the molecule is CNc1ccc2cnc(Cc3ccc(F)cc3)n2c1. The molecule has 3 rings (SSSR count). The summed E-state index contributed by atoms with van der Waals surface area (Å²) in [6, 6.07) is 10.6. The summed E-state index contributed by atoms with van der Waals surface area (Å²) >= 11 is 0. The minimum atomic E-state index is -0.214. The first-order chi connectivity index (χ1) is 9.26. The van der Waals surface area contributed by atoms with Crippen LogP contribution in [-0.4, -0.2) is 16.4 Å². The molecule has 0 amide bonds. The van der Waals surface area contributed by atoms with Crippen molar-refractivity contribution in [3.8, 4) is 0 Å². The minimum Gasteiger partial charge on any atom is -0.387 e. The number of aromatic nitrogens is 2. The summed E-state index contributed by atoms with van der Waals surface area (Å²) in [5, 5.41) is 3.11. The molecular weight excluding hydrogens is 241 g/mol. The van der Waals surface area contributed by atoms with Crippen LogP contribution in [0.25, 0.3) is 5.52 Å². The van der Waals surface area contributed by atoms with Crippen LogP contribution in [0, 0.1) is 5.82 Å². The van der Waals surface area contributed by atoms with Crippen molar-refractivity contribution >= 4 is 11.2 Å². The zero-order chi connectivity index (χ0) is 13.2. The fourth-order valence-corrected chi connectivity index (χ4v) is 2.11. The summed E-state index contributed by atoms with van der Waals surface area (Å²) in [5.74, 6) is 0.730. The zero-order valence-electron chi connectivity index (χ0n) is 10.6. The Morgan fingerprint density at radius 3 is 2.68 bits per heavy atom. The Morgan fingerprint density at radius 2 is 1.95 bits per heavy atom. The van der Waals surface area contributed by atoms with E-state index in [2.05, 4.69) is 14.7 Å². The van der Waals surface area contributed by atoms with Crippen molar-refractivity contribution in [1.82, 2.24) is 9.38 Å². The Labute approximate surface area is 110 Å². The average molecular weight is 255 g/mol. The molecule has 1 aromatic carbocycles. The Morgan fingerprint density at radius 1 is 1.16 bits per heavy atom. The highest BCUT2D eigenvalue weighted by molar-refractivity contribution is 5.54. The van der Waals surface area contributed by atoms with Gasteiger partial charge in [0, 0.05) is 19.7 Å². The van der Waals surface area contributed by atoms with E-state index in [0.717, 1.165) is 22.6 Å². The number of hydrogen-bond donors (Lipinski definition) is 1. The Balaban J connectivity index is 1.98. The Bertz CT molecular complexity index is 701. The molecule has 0 aliphatic carbocycles. The fourth-order valence-electron chi connectivity index (χ4n) is 2.11. The van der Waals surface area contributed by atoms with Crippen LogP contribution in [0.15, 0.2) is 48.8 Å². The standard InChI is InChI=1S/C15H14FN3/c1-17-13-6-7-14-9-18-15(19(14)10-13)8-11-2-4-12(16)5-3-11/h2-7,9-10,17H,8H2,1H3. The van der Waals surface area contributed by atoms with Crippen LogP contribution in [0.2, 0.25) is 0 Å². The molecule has 0 radical (unpaired) electrons. The van der Waals surface area contributed by atoms with Gasteiger partial charge in [-0.2, -0.15) is 0 Å². The summed E-state index contributed by atoms with van der Waals surface area (Å²) in [4.78, 5) is 4.43. The topological polar surface area (TPSA) is 29.3 Å². The Hall–Kier alpha value is -2.36. The van der Waals surface area contributed by atoms with Gasteiger partial charge in [-0.25, -0.2) is 9.37 Å². The molecule has 3 nitrogen and oxygen atoms in total. The maximum atomic E-state index is 12.9. The molecule has 3 aromatic rings. The number of benzene rings is 1. The van der Waals surface area contributed by atoms with Crippen LogP contribution in [0.5, 0.6) is 0 Å². The molecule has 0 unspecified atom stereocenters. The van der Waals surface area contributed by atoms with Crippen molar-refractivity contribution in [1.29, 1.82) is 0 Å². The van der Waals surface area contributed by atoms with Crippen molar-refractivity contribution in [2.24, 2.45) is 0 Å². The fraction of sp³-hybridized carbons (Fsp3) is 0.133. The molecule has 0 fully saturated rings. The highest BCUT2D eigenvalue weighted by Gasteiger charge is 2.05. The third kappa shape index (κ3) is 2.29. The predicted octanol–water partition coefficient (Wildman–Crippen LogP) is 3.11. The predicted molar refractivity (Wildman–Crippen MR) is 73.9 cm³/mol. The van der Waals surface area contributed by atoms with E-state index < -0.39 is 0 Å². The van der Waals surface area contributed by atoms with Crippen molar-refractivity contribution in [3.05, 3.63) is 66.0 Å². The van der Waals surface area contributed by atoms with Gasteiger partial charge in [-0.15, -0.1) is 0 Å². The molecular formula is C15H14FN3. The van der Waals surface area contributed by atoms with Gasteiger partial charge < -0.3 is 9.72 Å². The number of nitrogens with zero attached hydrogens (tertiary/aromatic N) is 2. The second-order valence-electron chi connectivity index (χ2n) is 4.44. The summed E-state index contributed by atoms with van der Waals surface area (Å²) < 4.78 is 14.9. The third-order valence-electron chi connectivity index (χ3n) is 3.17. The summed E-state index contributed by atoms with van der Waals surface area (Å²) in [6.45, 7) is 0. The van der Waals surface area contributed by atoms with E-state index in [1.54, 1.807) is 12.1 Å². The number of rotatable bonds is 3. The van der Waals surface area contributed by atoms with E-state index in [9.17, 15) is 4.39 Å². The molecule has 0 saturated heterocycles. The first-order valence-corrected chi connectivity index (χ1v) is 6.14. The molecule has 0 aliphatic heterocycles. The number of imidazole rings is 1. The van der Waals surface area contributed by atoms with E-state index in [4.69, 9.17) is 0 Å². The van der Waals surface area contributed by atoms with E-state index in [0.29, 0.717) is 6.42 Å². The smallest absolute Gasteiger partial charge is 0.123 e. The van der Waals surface area contributed by atoms with Crippen LogP contribution in [-0.2, 0) is 6.42 Å². The largest absolute Gasteiger partial charge is 0.387 e. The van der Waals surface area contributed by atoms with Gasteiger partial charge in [0.25, 0.3) is 0 Å². The van der Waals surface area contributed by atoms with E-state index in [1.807, 2.05) is 31.6 Å². The molecule has 0 spiro atoms. The monoisotopic (exact) mass is 255 g/mol. The van der Waals surface area contributed by atoms with Gasteiger partial charge in [-0.05, 0) is 29.8 Å². The van der Waals surface area contributed by atoms with Gasteiger partial charge in [0.2, 0.25) is 0 Å². The van der Waals surface area contributed by atoms with E-state index in [1.165, 1.54) is 12.1 Å². The lowest BCUT2D eigenvalue weighted by Gasteiger charge is -2.05. The first kappa shape index (κ1) is 11.7. The summed E-state index contributed by atoms with van der Waals surface area (Å²) in [5.41, 5.74) is 3.13. The zero-order valence-corrected chi connectivity index (χ0v) is 10.6. The number of anilines is 1. The average Bonchev–Trinajstić information content (AvgIpc) is 2.84. The van der Waals surface area contributed by atoms with Crippen molar-refractivity contribution in [2.45, 2.75) is 6.42 Å². The summed E-state index contributed by atoms with van der Waals surface area (Å²) in [7, 11) is 1.89. The van der Waals surface area contributed by atoms with Gasteiger partial charge in [0.05, 0.1) is 17.4 Å². The lowest BCUT2D eigenvalue weighted by Crippen LogP contribution is -1.98. The van der Waals surface area contributed by atoms with Crippen molar-refractivity contribution in [2.75, 3.05) is 12.4 Å². The molecule has 96 valence electrons. The van der Waals surface area contributed by atoms with Crippen LogP contribution in [0.3, 0.4) is 0 Å². The second-order valence-corrected chi connectivity index (χ2v) is 4.44. The summed E-state index contributed by atoms with van der Waals surface area (Å²) in [6.07, 6.45) is 4.54. The van der Waals surface area contributed by atoms with Crippen LogP contribution < -0.4 is 5.32 Å². The van der Waals surface area contributed by atoms with Crippen molar-refractivity contribution < 1.29 is 4.39 Å². The van der Waals surface area contributed by atoms with Crippen LogP contribution in [0.4, 0.5) is 10.1 Å². The van der Waals surface area contributed by atoms with Crippen LogP contribution >= 0.6 is 0 Å². The van der Waals surface area contributed by atoms with Crippen LogP contribution in [0.1, 0.15) is 11.4 Å². The van der Waals surface area contributed by atoms with Gasteiger partial charge in [-0.1, -0.05) is 12.1 Å². The first-order valence-electron chi connectivity index (χ1n) is 6.14. The molecule has 0 saturated carbocycles. The molecule has 0 atom stereocenters. The van der Waals surface area contributed by atoms with Crippen molar-refractivity contribution in [3.63, 3.8) is 0 Å². The second kappa shape index (κ2) is 4.72. The number of halogens is 1. The lowest BCUT2D eigenvalue weighted by molar-refractivity contribution is 0.627. The molecule has 0 aliphatic rings. The molecule has 1 N–H and O–H groups in total. The number of fused-ring (bicyclic) bond motifs is 1. The number of nitrogens with one attached hydrogen (secondary N) is 1. The molecule has 4 heteroatoms. The van der Waals surface area contributed by atoms with Gasteiger partial charge in [0.1, 0.15) is 11.6 Å². The molecule has 19 heavy (non-hydrogen) atoms. The quantitative estimate of drug-likeness (QED) is 0.779. The maximum absolute atomic E-state index is 12.9. The molecule has 2 heterocycles. The van der Waals surface area contributed by atoms with Gasteiger partial charge >= 0.3 is 0 Å². The minimum absolute atomic E-state index is 0.214. The lowest BCUT2D eigenvalue weighted by atomic mass is 10.1. The molecule has 2 aromatic heterocycles. The third-order valence-corrected chi connectivity index (χ3v) is 3.17. The number of pyridine rings is 1. The normalized spacial score (nSPS) is 10.8. The highest BCUT2D eigenvalue weighted by Crippen LogP contribution is 2.15.